The van der Waals surface area contributed by atoms with Crippen LogP contribution in [0.2, 0.25) is 0 Å². The van der Waals surface area contributed by atoms with Crippen LogP contribution in [0.5, 0.6) is 11.5 Å². The standard InChI is InChI=1S/C19H17BrN2O3S/c1-3-25-15-9-4-12(10-16(15)24-2)11-17-18(23)22-19(26-17)21-14-7-5-13(20)6-8-14/h4-11H,3H2,1-2H3,(H,21,22,23)/b17-11-. The third-order valence-corrected chi connectivity index (χ3v) is 4.93. The topological polar surface area (TPSA) is 59.9 Å². The van der Waals surface area contributed by atoms with Gasteiger partial charge in [-0.05, 0) is 66.7 Å². The zero-order chi connectivity index (χ0) is 18.5. The first kappa shape index (κ1) is 18.5. The molecule has 0 spiro atoms. The Balaban J connectivity index is 1.81. The number of hydrogen-bond donors (Lipinski definition) is 1. The van der Waals surface area contributed by atoms with Crippen molar-refractivity contribution < 1.29 is 14.3 Å². The first-order valence-electron chi connectivity index (χ1n) is 7.95. The number of methoxy groups -OCH3 is 1. The predicted octanol–water partition coefficient (Wildman–Crippen LogP) is 4.75. The Bertz CT molecular complexity index is 879. The third kappa shape index (κ3) is 4.47. The van der Waals surface area contributed by atoms with Gasteiger partial charge in [-0.1, -0.05) is 22.0 Å². The van der Waals surface area contributed by atoms with Crippen molar-refractivity contribution in [3.8, 4) is 11.5 Å². The molecule has 26 heavy (non-hydrogen) atoms. The molecule has 2 aromatic carbocycles. The van der Waals surface area contributed by atoms with Gasteiger partial charge in [-0.25, -0.2) is 4.99 Å². The van der Waals surface area contributed by atoms with E-state index in [1.54, 1.807) is 7.11 Å². The number of nitrogens with zero attached hydrogens (tertiary/aromatic N) is 1. The zero-order valence-corrected chi connectivity index (χ0v) is 16.7. The summed E-state index contributed by atoms with van der Waals surface area (Å²) < 4.78 is 11.8. The van der Waals surface area contributed by atoms with Crippen LogP contribution in [0.1, 0.15) is 12.5 Å². The van der Waals surface area contributed by atoms with Crippen LogP contribution in [0.15, 0.2) is 56.8 Å². The van der Waals surface area contributed by atoms with E-state index in [0.717, 1.165) is 15.7 Å². The second-order valence-corrected chi connectivity index (χ2v) is 7.25. The maximum absolute atomic E-state index is 12.2. The summed E-state index contributed by atoms with van der Waals surface area (Å²) in [5.74, 6) is 1.14. The van der Waals surface area contributed by atoms with Crippen molar-refractivity contribution in [3.63, 3.8) is 0 Å². The molecule has 0 bridgehead atoms. The fourth-order valence-corrected chi connectivity index (χ4v) is 3.42. The van der Waals surface area contributed by atoms with Crippen molar-refractivity contribution >= 4 is 50.5 Å². The summed E-state index contributed by atoms with van der Waals surface area (Å²) in [4.78, 5) is 17.2. The highest BCUT2D eigenvalue weighted by molar-refractivity contribution is 9.10. The van der Waals surface area contributed by atoms with Crippen LogP contribution < -0.4 is 14.8 Å². The van der Waals surface area contributed by atoms with E-state index in [2.05, 4.69) is 26.2 Å². The zero-order valence-electron chi connectivity index (χ0n) is 14.3. The number of halogens is 1. The molecule has 1 heterocycles. The fourth-order valence-electron chi connectivity index (χ4n) is 2.31. The maximum atomic E-state index is 12.2. The molecular formula is C19H17BrN2O3S. The normalized spacial score (nSPS) is 16.8. The van der Waals surface area contributed by atoms with Gasteiger partial charge in [0.05, 0.1) is 24.3 Å². The SMILES string of the molecule is CCOc1ccc(/C=C2\SC(=Nc3ccc(Br)cc3)NC2=O)cc1OC. The number of benzene rings is 2. The molecule has 1 N–H and O–H groups in total. The molecule has 2 aromatic rings. The number of thioether (sulfide) groups is 1. The van der Waals surface area contributed by atoms with Crippen molar-refractivity contribution in [2.75, 3.05) is 13.7 Å². The first-order valence-corrected chi connectivity index (χ1v) is 9.56. The maximum Gasteiger partial charge on any atom is 0.264 e. The van der Waals surface area contributed by atoms with Crippen LogP contribution in [0.3, 0.4) is 0 Å². The number of nitrogens with one attached hydrogen (secondary N) is 1. The van der Waals surface area contributed by atoms with Gasteiger partial charge in [0, 0.05) is 4.47 Å². The Kier molecular flexibility index (Phi) is 6.00. The van der Waals surface area contributed by atoms with E-state index in [1.165, 1.54) is 11.8 Å². The Morgan fingerprint density at radius 2 is 1.96 bits per heavy atom. The Morgan fingerprint density at radius 3 is 2.65 bits per heavy atom. The highest BCUT2D eigenvalue weighted by Crippen LogP contribution is 2.32. The number of carbonyl (C=O) groups excluding carboxylic acids is 1. The van der Waals surface area contributed by atoms with E-state index in [0.29, 0.717) is 28.2 Å². The van der Waals surface area contributed by atoms with Gasteiger partial charge >= 0.3 is 0 Å². The number of amidine groups is 1. The van der Waals surface area contributed by atoms with E-state index >= 15 is 0 Å². The van der Waals surface area contributed by atoms with E-state index < -0.39 is 0 Å². The number of amides is 1. The molecule has 7 heteroatoms. The first-order chi connectivity index (χ1) is 12.6. The van der Waals surface area contributed by atoms with Gasteiger partial charge in [0.2, 0.25) is 0 Å². The summed E-state index contributed by atoms with van der Waals surface area (Å²) in [7, 11) is 1.59. The lowest BCUT2D eigenvalue weighted by atomic mass is 10.2. The highest BCUT2D eigenvalue weighted by atomic mass is 79.9. The molecule has 1 amide bonds. The predicted molar refractivity (Wildman–Crippen MR) is 109 cm³/mol. The van der Waals surface area contributed by atoms with Crippen molar-refractivity contribution in [1.82, 2.24) is 5.32 Å². The Labute approximate surface area is 164 Å². The lowest BCUT2D eigenvalue weighted by molar-refractivity contribution is -0.115. The fraction of sp³-hybridized carbons (Fsp3) is 0.158. The van der Waals surface area contributed by atoms with Gasteiger partial charge in [-0.2, -0.15) is 0 Å². The Morgan fingerprint density at radius 1 is 1.19 bits per heavy atom. The molecule has 0 aromatic heterocycles. The molecule has 134 valence electrons. The van der Waals surface area contributed by atoms with E-state index in [9.17, 15) is 4.79 Å². The molecule has 1 saturated heterocycles. The van der Waals surface area contributed by atoms with Crippen molar-refractivity contribution in [3.05, 3.63) is 57.4 Å². The molecule has 0 atom stereocenters. The van der Waals surface area contributed by atoms with Gasteiger partial charge in [-0.15, -0.1) is 0 Å². The molecule has 0 radical (unpaired) electrons. The molecule has 5 nitrogen and oxygen atoms in total. The summed E-state index contributed by atoms with van der Waals surface area (Å²) in [6, 6.07) is 13.1. The van der Waals surface area contributed by atoms with Crippen molar-refractivity contribution in [1.29, 1.82) is 0 Å². The summed E-state index contributed by atoms with van der Waals surface area (Å²) in [5.41, 5.74) is 1.63. The highest BCUT2D eigenvalue weighted by Gasteiger charge is 2.24. The molecule has 1 aliphatic rings. The molecule has 1 aliphatic heterocycles. The third-order valence-electron chi connectivity index (χ3n) is 3.49. The smallest absolute Gasteiger partial charge is 0.264 e. The van der Waals surface area contributed by atoms with E-state index in [-0.39, 0.29) is 5.91 Å². The molecule has 3 rings (SSSR count). The second-order valence-electron chi connectivity index (χ2n) is 5.30. The van der Waals surface area contributed by atoms with Gasteiger partial charge in [0.15, 0.2) is 16.7 Å². The van der Waals surface area contributed by atoms with Crippen molar-refractivity contribution in [2.45, 2.75) is 6.92 Å². The molecule has 0 saturated carbocycles. The van der Waals surface area contributed by atoms with Crippen LogP contribution in [-0.2, 0) is 4.79 Å². The van der Waals surface area contributed by atoms with E-state index in [4.69, 9.17) is 9.47 Å². The number of carbonyl (C=O) groups is 1. The average molecular weight is 433 g/mol. The molecule has 0 aliphatic carbocycles. The summed E-state index contributed by atoms with van der Waals surface area (Å²) in [6.45, 7) is 2.48. The largest absolute Gasteiger partial charge is 0.493 e. The van der Waals surface area contributed by atoms with Gasteiger partial charge in [0.25, 0.3) is 5.91 Å². The number of aliphatic imine (C=N–C) groups is 1. The van der Waals surface area contributed by atoms with E-state index in [1.807, 2.05) is 55.5 Å². The van der Waals surface area contributed by atoms with Gasteiger partial charge in [0.1, 0.15) is 0 Å². The number of hydrogen-bond acceptors (Lipinski definition) is 5. The second kappa shape index (κ2) is 8.42. The van der Waals surface area contributed by atoms with Crippen LogP contribution in [0, 0.1) is 0 Å². The minimum absolute atomic E-state index is 0.168. The Hall–Kier alpha value is -2.25. The molecular weight excluding hydrogens is 416 g/mol. The minimum atomic E-state index is -0.168. The van der Waals surface area contributed by atoms with Crippen molar-refractivity contribution in [2.24, 2.45) is 4.99 Å². The molecule has 1 fully saturated rings. The average Bonchev–Trinajstić information content (AvgIpc) is 2.97. The monoisotopic (exact) mass is 432 g/mol. The lowest BCUT2D eigenvalue weighted by Crippen LogP contribution is -2.19. The van der Waals surface area contributed by atoms with Gasteiger partial charge in [-0.3, -0.25) is 4.79 Å². The van der Waals surface area contributed by atoms with Crippen LogP contribution in [-0.4, -0.2) is 24.8 Å². The molecule has 0 unspecified atom stereocenters. The summed E-state index contributed by atoms with van der Waals surface area (Å²) in [6.07, 6.45) is 1.81. The summed E-state index contributed by atoms with van der Waals surface area (Å²) in [5, 5.41) is 3.34. The van der Waals surface area contributed by atoms with Crippen LogP contribution in [0.25, 0.3) is 6.08 Å². The lowest BCUT2D eigenvalue weighted by Gasteiger charge is -2.09. The minimum Gasteiger partial charge on any atom is -0.493 e. The quantitative estimate of drug-likeness (QED) is 0.692. The number of rotatable bonds is 5. The van der Waals surface area contributed by atoms with Crippen LogP contribution in [0.4, 0.5) is 5.69 Å². The van der Waals surface area contributed by atoms with Crippen LogP contribution >= 0.6 is 27.7 Å². The van der Waals surface area contributed by atoms with Gasteiger partial charge < -0.3 is 14.8 Å². The summed E-state index contributed by atoms with van der Waals surface area (Å²) >= 11 is 4.70. The number of ether oxygens (including phenoxy) is 2.